The fourth-order valence-corrected chi connectivity index (χ4v) is 2.07. The molecule has 0 aromatic rings. The number of hydrogen-bond donors (Lipinski definition) is 0. The molecule has 1 rings (SSSR count). The predicted molar refractivity (Wildman–Crippen MR) is 54.7 cm³/mol. The fourth-order valence-electron chi connectivity index (χ4n) is 2.07. The number of halogens is 3. The van der Waals surface area contributed by atoms with Crippen LogP contribution in [-0.4, -0.2) is 30.2 Å². The van der Waals surface area contributed by atoms with Gasteiger partial charge in [-0.2, -0.15) is 13.2 Å². The first-order valence-corrected chi connectivity index (χ1v) is 5.63. The first kappa shape index (κ1) is 12.8. The molecule has 90 valence electrons. The van der Waals surface area contributed by atoms with Gasteiger partial charge in [0.15, 0.2) is 0 Å². The van der Waals surface area contributed by atoms with Gasteiger partial charge in [-0.05, 0) is 32.2 Å². The molecule has 1 nitrogen and oxygen atoms in total. The van der Waals surface area contributed by atoms with E-state index < -0.39 is 12.1 Å². The Bertz CT molecular complexity index is 200. The Balaban J connectivity index is 2.56. The van der Waals surface area contributed by atoms with Crippen LogP contribution in [0.5, 0.6) is 0 Å². The first-order valence-electron chi connectivity index (χ1n) is 5.63. The van der Waals surface area contributed by atoms with Gasteiger partial charge >= 0.3 is 6.18 Å². The van der Waals surface area contributed by atoms with Crippen molar-refractivity contribution in [1.82, 2.24) is 4.90 Å². The molecule has 0 N–H and O–H groups in total. The van der Waals surface area contributed by atoms with Crippen molar-refractivity contribution in [3.63, 3.8) is 0 Å². The number of piperidine rings is 1. The second-order valence-electron chi connectivity index (χ2n) is 4.86. The Hall–Kier alpha value is -0.250. The van der Waals surface area contributed by atoms with Crippen LogP contribution in [0.3, 0.4) is 0 Å². The van der Waals surface area contributed by atoms with E-state index in [-0.39, 0.29) is 12.6 Å². The van der Waals surface area contributed by atoms with Crippen molar-refractivity contribution in [2.75, 3.05) is 13.1 Å². The summed E-state index contributed by atoms with van der Waals surface area (Å²) in [5.74, 6) is -0.704. The van der Waals surface area contributed by atoms with Crippen molar-refractivity contribution in [2.45, 2.75) is 45.8 Å². The molecule has 0 spiro atoms. The maximum absolute atomic E-state index is 12.6. The van der Waals surface area contributed by atoms with Crippen LogP contribution in [0.25, 0.3) is 0 Å². The van der Waals surface area contributed by atoms with Crippen molar-refractivity contribution < 1.29 is 13.2 Å². The Kier molecular flexibility index (Phi) is 4.04. The molecule has 0 aromatic heterocycles. The molecule has 2 atom stereocenters. The standard InChI is InChI=1S/C11H20F3N/c1-8(2)9(3)15-6-4-5-10(7-15)11(12,13)14/h8-10H,4-7H2,1-3H3/t9-,10+/m0/s1. The summed E-state index contributed by atoms with van der Waals surface area (Å²) in [4.78, 5) is 1.98. The third-order valence-corrected chi connectivity index (χ3v) is 3.46. The molecule has 0 saturated carbocycles. The lowest BCUT2D eigenvalue weighted by atomic mass is 9.94. The minimum absolute atomic E-state index is 0.183. The van der Waals surface area contributed by atoms with Gasteiger partial charge in [-0.3, -0.25) is 4.90 Å². The lowest BCUT2D eigenvalue weighted by Gasteiger charge is -2.39. The highest BCUT2D eigenvalue weighted by molar-refractivity contribution is 4.81. The molecule has 0 aromatic carbocycles. The van der Waals surface area contributed by atoms with Gasteiger partial charge < -0.3 is 0 Å². The lowest BCUT2D eigenvalue weighted by molar-refractivity contribution is -0.189. The van der Waals surface area contributed by atoms with E-state index in [4.69, 9.17) is 0 Å². The molecule has 1 heterocycles. The quantitative estimate of drug-likeness (QED) is 0.694. The van der Waals surface area contributed by atoms with E-state index in [9.17, 15) is 13.2 Å². The van der Waals surface area contributed by atoms with Crippen LogP contribution in [0.4, 0.5) is 13.2 Å². The van der Waals surface area contributed by atoms with Crippen LogP contribution < -0.4 is 0 Å². The van der Waals surface area contributed by atoms with Gasteiger partial charge in [-0.15, -0.1) is 0 Å². The lowest BCUT2D eigenvalue weighted by Crippen LogP contribution is -2.47. The highest BCUT2D eigenvalue weighted by Gasteiger charge is 2.42. The monoisotopic (exact) mass is 223 g/mol. The van der Waals surface area contributed by atoms with Gasteiger partial charge in [-0.25, -0.2) is 0 Å². The third-order valence-electron chi connectivity index (χ3n) is 3.46. The number of hydrogen-bond acceptors (Lipinski definition) is 1. The van der Waals surface area contributed by atoms with E-state index in [0.29, 0.717) is 18.8 Å². The summed E-state index contributed by atoms with van der Waals surface area (Å²) in [6, 6.07) is 0.246. The summed E-state index contributed by atoms with van der Waals surface area (Å²) in [6.07, 6.45) is -3.05. The largest absolute Gasteiger partial charge is 0.393 e. The summed E-state index contributed by atoms with van der Waals surface area (Å²) in [7, 11) is 0. The Labute approximate surface area is 89.6 Å². The van der Waals surface area contributed by atoms with Gasteiger partial charge in [-0.1, -0.05) is 13.8 Å². The summed E-state index contributed by atoms with van der Waals surface area (Å²) >= 11 is 0. The Morgan fingerprint density at radius 2 is 1.80 bits per heavy atom. The van der Waals surface area contributed by atoms with Crippen LogP contribution >= 0.6 is 0 Å². The van der Waals surface area contributed by atoms with Crippen molar-refractivity contribution in [3.8, 4) is 0 Å². The second-order valence-corrected chi connectivity index (χ2v) is 4.86. The molecule has 0 aliphatic carbocycles. The third kappa shape index (κ3) is 3.37. The number of rotatable bonds is 2. The second kappa shape index (κ2) is 4.73. The van der Waals surface area contributed by atoms with E-state index in [2.05, 4.69) is 13.8 Å². The minimum atomic E-state index is -4.02. The number of likely N-dealkylation sites (tertiary alicyclic amines) is 1. The SMILES string of the molecule is CC(C)[C@H](C)N1CCC[C@@H](C(F)(F)F)C1. The van der Waals surface area contributed by atoms with Crippen LogP contribution in [-0.2, 0) is 0 Å². The Morgan fingerprint density at radius 1 is 1.20 bits per heavy atom. The maximum Gasteiger partial charge on any atom is 0.393 e. The zero-order chi connectivity index (χ0) is 11.6. The first-order chi connectivity index (χ1) is 6.82. The molecule has 0 bridgehead atoms. The molecule has 4 heteroatoms. The highest BCUT2D eigenvalue weighted by atomic mass is 19.4. The Morgan fingerprint density at radius 3 is 2.27 bits per heavy atom. The molecule has 15 heavy (non-hydrogen) atoms. The van der Waals surface area contributed by atoms with E-state index in [1.807, 2.05) is 11.8 Å². The topological polar surface area (TPSA) is 3.24 Å². The zero-order valence-corrected chi connectivity index (χ0v) is 9.64. The molecular weight excluding hydrogens is 203 g/mol. The summed E-state index contributed by atoms with van der Waals surface area (Å²) in [6.45, 7) is 7.13. The number of nitrogens with zero attached hydrogens (tertiary/aromatic N) is 1. The van der Waals surface area contributed by atoms with Gasteiger partial charge in [0.2, 0.25) is 0 Å². The van der Waals surface area contributed by atoms with Gasteiger partial charge in [0, 0.05) is 12.6 Å². The number of alkyl halides is 3. The zero-order valence-electron chi connectivity index (χ0n) is 9.64. The predicted octanol–water partition coefficient (Wildman–Crippen LogP) is 3.31. The molecule has 0 amide bonds. The van der Waals surface area contributed by atoms with Crippen LogP contribution in [0.2, 0.25) is 0 Å². The average molecular weight is 223 g/mol. The van der Waals surface area contributed by atoms with E-state index in [1.54, 1.807) is 0 Å². The van der Waals surface area contributed by atoms with Gasteiger partial charge in [0.05, 0.1) is 5.92 Å². The van der Waals surface area contributed by atoms with Crippen molar-refractivity contribution >= 4 is 0 Å². The average Bonchev–Trinajstić information content (AvgIpc) is 2.15. The molecule has 1 aliphatic rings. The summed E-state index contributed by atoms with van der Waals surface area (Å²) < 4.78 is 37.7. The van der Waals surface area contributed by atoms with Gasteiger partial charge in [0.1, 0.15) is 0 Å². The highest BCUT2D eigenvalue weighted by Crippen LogP contribution is 2.34. The van der Waals surface area contributed by atoms with Crippen LogP contribution in [0.15, 0.2) is 0 Å². The molecule has 0 radical (unpaired) electrons. The van der Waals surface area contributed by atoms with Crippen LogP contribution in [0.1, 0.15) is 33.6 Å². The van der Waals surface area contributed by atoms with Crippen LogP contribution in [0, 0.1) is 11.8 Å². The smallest absolute Gasteiger partial charge is 0.300 e. The maximum atomic E-state index is 12.6. The van der Waals surface area contributed by atoms with E-state index in [0.717, 1.165) is 6.54 Å². The van der Waals surface area contributed by atoms with E-state index >= 15 is 0 Å². The molecule has 1 saturated heterocycles. The molecular formula is C11H20F3N. The summed E-state index contributed by atoms with van der Waals surface area (Å²) in [5.41, 5.74) is 0. The minimum Gasteiger partial charge on any atom is -0.300 e. The molecule has 0 unspecified atom stereocenters. The van der Waals surface area contributed by atoms with Gasteiger partial charge in [0.25, 0.3) is 0 Å². The van der Waals surface area contributed by atoms with E-state index in [1.165, 1.54) is 0 Å². The fraction of sp³-hybridized carbons (Fsp3) is 1.00. The normalized spacial score (nSPS) is 27.0. The molecule has 1 aliphatic heterocycles. The summed E-state index contributed by atoms with van der Waals surface area (Å²) in [5, 5.41) is 0. The van der Waals surface area contributed by atoms with Crippen molar-refractivity contribution in [2.24, 2.45) is 11.8 Å². The van der Waals surface area contributed by atoms with Crippen molar-refractivity contribution in [3.05, 3.63) is 0 Å². The van der Waals surface area contributed by atoms with Crippen molar-refractivity contribution in [1.29, 1.82) is 0 Å². The molecule has 1 fully saturated rings.